The molecule has 1 aromatic carbocycles. The number of anilines is 1. The Balaban J connectivity index is 2.96. The summed E-state index contributed by atoms with van der Waals surface area (Å²) in [5.74, 6) is 0. The van der Waals surface area contributed by atoms with Crippen molar-refractivity contribution in [1.29, 1.82) is 0 Å². The van der Waals surface area contributed by atoms with Gasteiger partial charge in [-0.05, 0) is 18.6 Å². The minimum Gasteiger partial charge on any atom is -0.397 e. The van der Waals surface area contributed by atoms with Gasteiger partial charge in [0.2, 0.25) is 0 Å². The van der Waals surface area contributed by atoms with E-state index >= 15 is 0 Å². The molecular formula is C8H10N4. The highest BCUT2D eigenvalue weighted by atomic mass is 15.4. The summed E-state index contributed by atoms with van der Waals surface area (Å²) in [7, 11) is 1.84. The summed E-state index contributed by atoms with van der Waals surface area (Å²) in [5, 5.41) is 7.84. The lowest BCUT2D eigenvalue weighted by atomic mass is 10.2. The summed E-state index contributed by atoms with van der Waals surface area (Å²) >= 11 is 0. The number of nitrogens with zero attached hydrogens (tertiary/aromatic N) is 3. The first-order chi connectivity index (χ1) is 5.70. The topological polar surface area (TPSA) is 56.7 Å². The van der Waals surface area contributed by atoms with E-state index in [0.29, 0.717) is 0 Å². The van der Waals surface area contributed by atoms with Gasteiger partial charge >= 0.3 is 0 Å². The van der Waals surface area contributed by atoms with Crippen molar-refractivity contribution in [2.75, 3.05) is 5.73 Å². The molecule has 0 amide bonds. The zero-order valence-corrected chi connectivity index (χ0v) is 7.07. The number of nitrogen functional groups attached to an aromatic ring is 1. The third kappa shape index (κ3) is 0.777. The van der Waals surface area contributed by atoms with Gasteiger partial charge in [-0.1, -0.05) is 11.3 Å². The van der Waals surface area contributed by atoms with Crippen LogP contribution in [0.3, 0.4) is 0 Å². The van der Waals surface area contributed by atoms with Crippen LogP contribution in [-0.4, -0.2) is 15.0 Å². The van der Waals surface area contributed by atoms with Gasteiger partial charge in [0.15, 0.2) is 0 Å². The Bertz CT molecular complexity index is 430. The molecule has 0 atom stereocenters. The number of hydrogen-bond acceptors (Lipinski definition) is 3. The third-order valence-electron chi connectivity index (χ3n) is 2.02. The number of rotatable bonds is 0. The van der Waals surface area contributed by atoms with Gasteiger partial charge in [0.25, 0.3) is 0 Å². The van der Waals surface area contributed by atoms with Crippen LogP contribution in [0.15, 0.2) is 12.1 Å². The van der Waals surface area contributed by atoms with Crippen molar-refractivity contribution in [3.8, 4) is 0 Å². The van der Waals surface area contributed by atoms with Crippen molar-refractivity contribution < 1.29 is 0 Å². The highest BCUT2D eigenvalue weighted by Gasteiger charge is 2.05. The van der Waals surface area contributed by atoms with Gasteiger partial charge in [-0.25, -0.2) is 4.68 Å². The lowest BCUT2D eigenvalue weighted by Gasteiger charge is -2.00. The van der Waals surface area contributed by atoms with E-state index in [0.717, 1.165) is 22.3 Å². The van der Waals surface area contributed by atoms with E-state index in [1.165, 1.54) is 0 Å². The average Bonchev–Trinajstić information content (AvgIpc) is 2.41. The lowest BCUT2D eigenvalue weighted by Crippen LogP contribution is -1.96. The molecule has 1 heterocycles. The second-order valence-electron chi connectivity index (χ2n) is 2.88. The molecule has 0 bridgehead atoms. The minimum absolute atomic E-state index is 0.764. The van der Waals surface area contributed by atoms with Crippen LogP contribution in [0, 0.1) is 6.92 Å². The van der Waals surface area contributed by atoms with E-state index in [1.807, 2.05) is 26.1 Å². The minimum atomic E-state index is 0.764. The maximum absolute atomic E-state index is 5.86. The average molecular weight is 162 g/mol. The van der Waals surface area contributed by atoms with Crippen LogP contribution in [0.2, 0.25) is 0 Å². The first kappa shape index (κ1) is 7.09. The van der Waals surface area contributed by atoms with E-state index in [-0.39, 0.29) is 0 Å². The molecule has 2 N–H and O–H groups in total. The van der Waals surface area contributed by atoms with Gasteiger partial charge in [-0.3, -0.25) is 0 Å². The van der Waals surface area contributed by atoms with Crippen LogP contribution in [0.1, 0.15) is 5.56 Å². The number of hydrogen-bond donors (Lipinski definition) is 1. The lowest BCUT2D eigenvalue weighted by molar-refractivity contribution is 0.737. The van der Waals surface area contributed by atoms with Gasteiger partial charge in [-0.2, -0.15) is 0 Å². The first-order valence-corrected chi connectivity index (χ1v) is 3.74. The zero-order chi connectivity index (χ0) is 8.72. The van der Waals surface area contributed by atoms with Crippen LogP contribution >= 0.6 is 0 Å². The molecular weight excluding hydrogens is 152 g/mol. The van der Waals surface area contributed by atoms with Gasteiger partial charge < -0.3 is 5.73 Å². The molecule has 4 heteroatoms. The van der Waals surface area contributed by atoms with Crippen LogP contribution in [-0.2, 0) is 7.05 Å². The molecule has 4 nitrogen and oxygen atoms in total. The Morgan fingerprint density at radius 1 is 1.42 bits per heavy atom. The second kappa shape index (κ2) is 2.20. The zero-order valence-electron chi connectivity index (χ0n) is 7.07. The van der Waals surface area contributed by atoms with E-state index in [9.17, 15) is 0 Å². The number of fused-ring (bicyclic) bond motifs is 1. The summed E-state index contributed by atoms with van der Waals surface area (Å²) in [5.41, 5.74) is 9.45. The van der Waals surface area contributed by atoms with E-state index < -0.39 is 0 Å². The Kier molecular flexibility index (Phi) is 1.30. The normalized spacial score (nSPS) is 10.8. The summed E-state index contributed by atoms with van der Waals surface area (Å²) < 4.78 is 1.69. The number of aryl methyl sites for hydroxylation is 2. The molecule has 0 radical (unpaired) electrons. The molecule has 0 aliphatic carbocycles. The van der Waals surface area contributed by atoms with Crippen LogP contribution in [0.25, 0.3) is 11.0 Å². The molecule has 0 aliphatic heterocycles. The van der Waals surface area contributed by atoms with Crippen LogP contribution in [0.5, 0.6) is 0 Å². The highest BCUT2D eigenvalue weighted by Crippen LogP contribution is 2.21. The number of benzene rings is 1. The third-order valence-corrected chi connectivity index (χ3v) is 2.02. The fourth-order valence-corrected chi connectivity index (χ4v) is 1.28. The maximum Gasteiger partial charge on any atom is 0.115 e. The van der Waals surface area contributed by atoms with Gasteiger partial charge in [-0.15, -0.1) is 5.10 Å². The molecule has 12 heavy (non-hydrogen) atoms. The predicted molar refractivity (Wildman–Crippen MR) is 47.7 cm³/mol. The first-order valence-electron chi connectivity index (χ1n) is 3.74. The molecule has 62 valence electrons. The predicted octanol–water partition coefficient (Wildman–Crippen LogP) is 0.859. The van der Waals surface area contributed by atoms with Gasteiger partial charge in [0, 0.05) is 7.05 Å². The molecule has 2 rings (SSSR count). The Morgan fingerprint density at radius 2 is 2.17 bits per heavy atom. The van der Waals surface area contributed by atoms with E-state index in [1.54, 1.807) is 4.68 Å². The quantitative estimate of drug-likeness (QED) is 0.584. The van der Waals surface area contributed by atoms with E-state index in [2.05, 4.69) is 10.3 Å². The SMILES string of the molecule is Cc1ccc2nnn(C)c2c1N. The largest absolute Gasteiger partial charge is 0.397 e. The van der Waals surface area contributed by atoms with Crippen molar-refractivity contribution >= 4 is 16.7 Å². The molecule has 0 saturated heterocycles. The highest BCUT2D eigenvalue weighted by molar-refractivity contribution is 5.88. The van der Waals surface area contributed by atoms with Crippen molar-refractivity contribution in [3.63, 3.8) is 0 Å². The summed E-state index contributed by atoms with van der Waals surface area (Å²) in [6, 6.07) is 3.88. The van der Waals surface area contributed by atoms with Gasteiger partial charge in [0.05, 0.1) is 5.69 Å². The maximum atomic E-state index is 5.86. The standard InChI is InChI=1S/C8H10N4/c1-5-3-4-6-8(7(5)9)12(2)11-10-6/h3-4H,9H2,1-2H3. The van der Waals surface area contributed by atoms with E-state index in [4.69, 9.17) is 5.73 Å². The molecule has 1 aromatic heterocycles. The molecule has 0 saturated carbocycles. The van der Waals surface area contributed by atoms with Crippen molar-refractivity contribution in [1.82, 2.24) is 15.0 Å². The summed E-state index contributed by atoms with van der Waals surface area (Å²) in [4.78, 5) is 0. The van der Waals surface area contributed by atoms with Crippen molar-refractivity contribution in [2.45, 2.75) is 6.92 Å². The number of aromatic nitrogens is 3. The smallest absolute Gasteiger partial charge is 0.115 e. The van der Waals surface area contributed by atoms with Crippen molar-refractivity contribution in [2.24, 2.45) is 7.05 Å². The fourth-order valence-electron chi connectivity index (χ4n) is 1.28. The Labute approximate surface area is 70.0 Å². The Hall–Kier alpha value is -1.58. The Morgan fingerprint density at radius 3 is 2.92 bits per heavy atom. The monoisotopic (exact) mass is 162 g/mol. The molecule has 0 unspecified atom stereocenters. The fraction of sp³-hybridized carbons (Fsp3) is 0.250. The second-order valence-corrected chi connectivity index (χ2v) is 2.88. The molecule has 0 aliphatic rings. The van der Waals surface area contributed by atoms with Crippen LogP contribution in [0.4, 0.5) is 5.69 Å². The molecule has 0 spiro atoms. The van der Waals surface area contributed by atoms with Gasteiger partial charge in [0.1, 0.15) is 11.0 Å². The summed E-state index contributed by atoms with van der Waals surface area (Å²) in [6.07, 6.45) is 0. The summed E-state index contributed by atoms with van der Waals surface area (Å²) in [6.45, 7) is 1.97. The molecule has 0 fully saturated rings. The van der Waals surface area contributed by atoms with Crippen molar-refractivity contribution in [3.05, 3.63) is 17.7 Å². The molecule has 2 aromatic rings. The number of nitrogens with two attached hydrogens (primary N) is 1. The van der Waals surface area contributed by atoms with Crippen LogP contribution < -0.4 is 5.73 Å².